The van der Waals surface area contributed by atoms with Gasteiger partial charge >= 0.3 is 0 Å². The zero-order valence-corrected chi connectivity index (χ0v) is 13.9. The highest BCUT2D eigenvalue weighted by Crippen LogP contribution is 2.31. The summed E-state index contributed by atoms with van der Waals surface area (Å²) in [6.07, 6.45) is 7.02. The highest BCUT2D eigenvalue weighted by molar-refractivity contribution is 5.93. The lowest BCUT2D eigenvalue weighted by Crippen LogP contribution is -2.32. The first-order chi connectivity index (χ1) is 11.6. The molecule has 3 rings (SSSR count). The minimum absolute atomic E-state index is 0.0130. The molecule has 2 amide bonds. The Hall–Kier alpha value is -2.70. The van der Waals surface area contributed by atoms with Gasteiger partial charge in [-0.25, -0.2) is 0 Å². The molecule has 1 fully saturated rings. The van der Waals surface area contributed by atoms with Crippen LogP contribution in [-0.2, 0) is 18.4 Å². The molecule has 0 aromatic carbocycles. The van der Waals surface area contributed by atoms with E-state index in [1.807, 2.05) is 34.8 Å². The summed E-state index contributed by atoms with van der Waals surface area (Å²) in [5, 5.41) is 2.72. The fourth-order valence-corrected chi connectivity index (χ4v) is 3.03. The van der Waals surface area contributed by atoms with E-state index >= 15 is 0 Å². The number of amides is 2. The van der Waals surface area contributed by atoms with E-state index in [2.05, 4.69) is 15.3 Å². The van der Waals surface area contributed by atoms with Crippen molar-refractivity contribution < 1.29 is 9.59 Å². The van der Waals surface area contributed by atoms with Gasteiger partial charge in [0, 0.05) is 26.7 Å². The number of nitrogens with zero attached hydrogens (tertiary/aromatic N) is 4. The summed E-state index contributed by atoms with van der Waals surface area (Å²) in [6.45, 7) is 2.52. The Bertz CT molecular complexity index is 755. The molecule has 7 heteroatoms. The van der Waals surface area contributed by atoms with Crippen LogP contribution in [0.1, 0.15) is 47.7 Å². The first-order valence-corrected chi connectivity index (χ1v) is 8.04. The molecule has 0 aliphatic carbocycles. The van der Waals surface area contributed by atoms with E-state index in [9.17, 15) is 9.59 Å². The van der Waals surface area contributed by atoms with Gasteiger partial charge in [0.05, 0.1) is 36.4 Å². The molecule has 0 unspecified atom stereocenters. The summed E-state index contributed by atoms with van der Waals surface area (Å²) >= 11 is 0. The molecule has 1 aliphatic rings. The highest BCUT2D eigenvalue weighted by Gasteiger charge is 2.32. The Labute approximate surface area is 140 Å². The van der Waals surface area contributed by atoms with E-state index in [1.54, 1.807) is 12.4 Å². The Balaban J connectivity index is 1.80. The van der Waals surface area contributed by atoms with Crippen molar-refractivity contribution in [2.24, 2.45) is 7.05 Å². The van der Waals surface area contributed by atoms with Crippen LogP contribution < -0.4 is 5.32 Å². The lowest BCUT2D eigenvalue weighted by molar-refractivity contribution is -0.119. The first-order valence-electron chi connectivity index (χ1n) is 8.04. The van der Waals surface area contributed by atoms with Crippen molar-refractivity contribution >= 4 is 11.8 Å². The Kier molecular flexibility index (Phi) is 4.59. The Morgan fingerprint density at radius 1 is 1.38 bits per heavy atom. The van der Waals surface area contributed by atoms with Crippen LogP contribution in [0.25, 0.3) is 0 Å². The highest BCUT2D eigenvalue weighted by atomic mass is 16.2. The maximum atomic E-state index is 12.8. The molecular formula is C17H21N5O2. The number of aromatic nitrogens is 3. The Morgan fingerprint density at radius 3 is 2.92 bits per heavy atom. The number of carbonyl (C=O) groups is 2. The summed E-state index contributed by atoms with van der Waals surface area (Å²) in [6, 6.07) is 3.63. The molecule has 0 radical (unpaired) electrons. The number of nitrogens with one attached hydrogen (secondary N) is 1. The molecule has 0 saturated carbocycles. The standard InChI is InChI=1S/C17H21N5O2/c1-12(23)19-10-13-9-18-11-14(20-13)15-5-4-8-22(15)17(24)16-6-3-7-21(16)2/h3,6-7,9,11,15H,4-5,8,10H2,1-2H3,(H,19,23)/t15-/m1/s1. The maximum absolute atomic E-state index is 12.8. The second kappa shape index (κ2) is 6.82. The van der Waals surface area contributed by atoms with Crippen LogP contribution in [0.3, 0.4) is 0 Å². The predicted octanol–water partition coefficient (Wildman–Crippen LogP) is 1.43. The topological polar surface area (TPSA) is 80.1 Å². The second-order valence-corrected chi connectivity index (χ2v) is 6.01. The van der Waals surface area contributed by atoms with E-state index in [-0.39, 0.29) is 17.9 Å². The summed E-state index contributed by atoms with van der Waals surface area (Å²) in [5.41, 5.74) is 2.14. The predicted molar refractivity (Wildman–Crippen MR) is 88.0 cm³/mol. The molecule has 2 aromatic rings. The van der Waals surface area contributed by atoms with Gasteiger partial charge in [-0.05, 0) is 25.0 Å². The van der Waals surface area contributed by atoms with Crippen molar-refractivity contribution in [3.63, 3.8) is 0 Å². The molecule has 126 valence electrons. The molecular weight excluding hydrogens is 306 g/mol. The van der Waals surface area contributed by atoms with Gasteiger partial charge in [0.1, 0.15) is 5.69 Å². The van der Waals surface area contributed by atoms with Crippen LogP contribution in [0.15, 0.2) is 30.7 Å². The summed E-state index contributed by atoms with van der Waals surface area (Å²) in [4.78, 5) is 34.5. The zero-order chi connectivity index (χ0) is 17.1. The van der Waals surface area contributed by atoms with E-state index in [1.165, 1.54) is 6.92 Å². The fourth-order valence-electron chi connectivity index (χ4n) is 3.03. The van der Waals surface area contributed by atoms with E-state index < -0.39 is 0 Å². The molecule has 1 N–H and O–H groups in total. The van der Waals surface area contributed by atoms with Gasteiger partial charge in [0.25, 0.3) is 5.91 Å². The van der Waals surface area contributed by atoms with Gasteiger partial charge < -0.3 is 14.8 Å². The van der Waals surface area contributed by atoms with Crippen LogP contribution in [-0.4, -0.2) is 37.8 Å². The van der Waals surface area contributed by atoms with Crippen molar-refractivity contribution in [2.75, 3.05) is 6.54 Å². The molecule has 0 spiro atoms. The van der Waals surface area contributed by atoms with Gasteiger partial charge in [0.15, 0.2) is 0 Å². The minimum Gasteiger partial charge on any atom is -0.351 e. The van der Waals surface area contributed by atoms with Gasteiger partial charge in [0.2, 0.25) is 5.91 Å². The van der Waals surface area contributed by atoms with Crippen molar-refractivity contribution in [3.8, 4) is 0 Å². The van der Waals surface area contributed by atoms with E-state index in [0.717, 1.165) is 18.5 Å². The van der Waals surface area contributed by atoms with Crippen molar-refractivity contribution in [1.82, 2.24) is 24.8 Å². The number of aryl methyl sites for hydroxylation is 1. The van der Waals surface area contributed by atoms with Crippen LogP contribution >= 0.6 is 0 Å². The van der Waals surface area contributed by atoms with Crippen LogP contribution in [0.2, 0.25) is 0 Å². The summed E-state index contributed by atoms with van der Waals surface area (Å²) in [5.74, 6) is -0.0948. The lowest BCUT2D eigenvalue weighted by atomic mass is 10.1. The number of rotatable bonds is 4. The fraction of sp³-hybridized carbons (Fsp3) is 0.412. The van der Waals surface area contributed by atoms with Gasteiger partial charge in [-0.3, -0.25) is 19.6 Å². The SMILES string of the molecule is CC(=O)NCc1cncc([C@H]2CCCN2C(=O)c2cccn2C)n1. The van der Waals surface area contributed by atoms with Crippen LogP contribution in [0, 0.1) is 0 Å². The number of hydrogen-bond donors (Lipinski definition) is 1. The Morgan fingerprint density at radius 2 is 2.21 bits per heavy atom. The van der Waals surface area contributed by atoms with Crippen molar-refractivity contribution in [2.45, 2.75) is 32.4 Å². The van der Waals surface area contributed by atoms with Gasteiger partial charge in [-0.1, -0.05) is 0 Å². The smallest absolute Gasteiger partial charge is 0.271 e. The maximum Gasteiger partial charge on any atom is 0.271 e. The van der Waals surface area contributed by atoms with E-state index in [4.69, 9.17) is 0 Å². The third kappa shape index (κ3) is 3.29. The number of likely N-dealkylation sites (tertiary alicyclic amines) is 1. The molecule has 7 nitrogen and oxygen atoms in total. The molecule has 3 heterocycles. The van der Waals surface area contributed by atoms with Gasteiger partial charge in [-0.2, -0.15) is 0 Å². The zero-order valence-electron chi connectivity index (χ0n) is 13.9. The minimum atomic E-state index is -0.108. The third-order valence-electron chi connectivity index (χ3n) is 4.24. The molecule has 0 bridgehead atoms. The summed E-state index contributed by atoms with van der Waals surface area (Å²) in [7, 11) is 1.87. The average molecular weight is 327 g/mol. The average Bonchev–Trinajstić information content (AvgIpc) is 3.21. The normalized spacial score (nSPS) is 17.1. The molecule has 1 atom stereocenters. The van der Waals surface area contributed by atoms with E-state index in [0.29, 0.717) is 24.5 Å². The lowest BCUT2D eigenvalue weighted by Gasteiger charge is -2.24. The number of hydrogen-bond acceptors (Lipinski definition) is 4. The monoisotopic (exact) mass is 327 g/mol. The van der Waals surface area contributed by atoms with Crippen molar-refractivity contribution in [1.29, 1.82) is 0 Å². The molecule has 1 aliphatic heterocycles. The number of carbonyl (C=O) groups excluding carboxylic acids is 2. The quantitative estimate of drug-likeness (QED) is 0.921. The van der Waals surface area contributed by atoms with Crippen LogP contribution in [0.5, 0.6) is 0 Å². The molecule has 24 heavy (non-hydrogen) atoms. The summed E-state index contributed by atoms with van der Waals surface area (Å²) < 4.78 is 1.83. The molecule has 1 saturated heterocycles. The largest absolute Gasteiger partial charge is 0.351 e. The van der Waals surface area contributed by atoms with Crippen LogP contribution in [0.4, 0.5) is 0 Å². The third-order valence-corrected chi connectivity index (χ3v) is 4.24. The van der Waals surface area contributed by atoms with Gasteiger partial charge in [-0.15, -0.1) is 0 Å². The first kappa shape index (κ1) is 16.2. The second-order valence-electron chi connectivity index (χ2n) is 6.01. The molecule has 2 aromatic heterocycles. The van der Waals surface area contributed by atoms with Crippen molar-refractivity contribution in [3.05, 3.63) is 47.8 Å².